The minimum Gasteiger partial charge on any atom is -0.267 e. The van der Waals surface area contributed by atoms with Gasteiger partial charge in [-0.15, -0.1) is 4.53 Å². The lowest BCUT2D eigenvalue weighted by Gasteiger charge is -2.39. The van der Waals surface area contributed by atoms with Crippen molar-refractivity contribution < 1.29 is 14.5 Å². The van der Waals surface area contributed by atoms with Gasteiger partial charge in [-0.1, -0.05) is 35.9 Å². The molecule has 27 heavy (non-hydrogen) atoms. The van der Waals surface area contributed by atoms with E-state index in [0.29, 0.717) is 4.53 Å². The Morgan fingerprint density at radius 1 is 0.963 bits per heavy atom. The Hall–Kier alpha value is -2.64. The Labute approximate surface area is 166 Å². The first kappa shape index (κ1) is 20.7. The van der Waals surface area contributed by atoms with Crippen molar-refractivity contribution in [3.63, 3.8) is 0 Å². The summed E-state index contributed by atoms with van der Waals surface area (Å²) in [6, 6.07) is 11.7. The number of nitrogens with zero attached hydrogens (tertiary/aromatic N) is 3. The Morgan fingerprint density at radius 2 is 1.48 bits per heavy atom. The summed E-state index contributed by atoms with van der Waals surface area (Å²) < 4.78 is 0.563. The van der Waals surface area contributed by atoms with E-state index in [2.05, 4.69) is 0 Å². The Balaban J connectivity index is 2.49. The van der Waals surface area contributed by atoms with Crippen LogP contribution in [-0.4, -0.2) is 31.8 Å². The second-order valence-corrected chi connectivity index (χ2v) is 7.33. The summed E-state index contributed by atoms with van der Waals surface area (Å²) in [6.07, 6.45) is 0. The molecule has 0 bridgehead atoms. The molecular formula is C18H17Cl2N3O4. The Kier molecular flexibility index (Phi) is 6.08. The molecule has 9 heteroatoms. The van der Waals surface area contributed by atoms with Gasteiger partial charge in [0.2, 0.25) is 0 Å². The molecule has 0 saturated carbocycles. The van der Waals surface area contributed by atoms with Crippen molar-refractivity contribution in [2.75, 3.05) is 0 Å². The molecule has 2 amide bonds. The number of rotatable bonds is 3. The molecule has 0 saturated heterocycles. The smallest absolute Gasteiger partial charge is 0.267 e. The van der Waals surface area contributed by atoms with Gasteiger partial charge in [-0.05, 0) is 39.0 Å². The summed E-state index contributed by atoms with van der Waals surface area (Å²) in [5.74, 6) is -1.52. The highest BCUT2D eigenvalue weighted by molar-refractivity contribution is 6.34. The van der Waals surface area contributed by atoms with Crippen LogP contribution in [-0.2, 0) is 0 Å². The second-order valence-electron chi connectivity index (χ2n) is 6.61. The molecular weight excluding hydrogens is 393 g/mol. The summed E-state index contributed by atoms with van der Waals surface area (Å²) in [7, 11) is 0. The molecule has 0 fully saturated rings. The number of carbonyl (C=O) groups excluding carboxylic acids is 2. The van der Waals surface area contributed by atoms with Crippen LogP contribution >= 0.6 is 23.4 Å². The first-order chi connectivity index (χ1) is 12.6. The molecule has 0 unspecified atom stereocenters. The zero-order valence-electron chi connectivity index (χ0n) is 14.8. The molecule has 0 aliphatic rings. The Bertz CT molecular complexity index is 896. The molecule has 0 aliphatic heterocycles. The van der Waals surface area contributed by atoms with Crippen molar-refractivity contribution in [1.29, 1.82) is 0 Å². The van der Waals surface area contributed by atoms with Crippen LogP contribution in [0.3, 0.4) is 0 Å². The number of hydrogen-bond donors (Lipinski definition) is 0. The van der Waals surface area contributed by atoms with Crippen molar-refractivity contribution in [1.82, 2.24) is 9.54 Å². The number of hydrazine groups is 1. The van der Waals surface area contributed by atoms with Gasteiger partial charge >= 0.3 is 0 Å². The third kappa shape index (κ3) is 4.37. The Morgan fingerprint density at radius 3 is 2.00 bits per heavy atom. The molecule has 0 heterocycles. The molecule has 2 aromatic rings. The van der Waals surface area contributed by atoms with Crippen molar-refractivity contribution in [3.05, 3.63) is 74.8 Å². The van der Waals surface area contributed by atoms with Crippen LogP contribution in [0.2, 0.25) is 5.02 Å². The molecule has 2 rings (SSSR count). The van der Waals surface area contributed by atoms with E-state index in [9.17, 15) is 19.7 Å². The molecule has 7 nitrogen and oxygen atoms in total. The van der Waals surface area contributed by atoms with E-state index < -0.39 is 28.0 Å². The van der Waals surface area contributed by atoms with Gasteiger partial charge in [0.1, 0.15) is 5.56 Å². The monoisotopic (exact) mass is 409 g/mol. The first-order valence-electron chi connectivity index (χ1n) is 7.88. The molecule has 2 aromatic carbocycles. The van der Waals surface area contributed by atoms with Crippen LogP contribution in [0.4, 0.5) is 5.69 Å². The highest BCUT2D eigenvalue weighted by Crippen LogP contribution is 2.28. The molecule has 0 radical (unpaired) electrons. The maximum Gasteiger partial charge on any atom is 0.294 e. The SMILES string of the molecule is CC(C)(C)N(C(=O)c1ccccc1Cl)N(Cl)C(=O)c1ccccc1[N+](=O)[O-]. The maximum absolute atomic E-state index is 13.0. The summed E-state index contributed by atoms with van der Waals surface area (Å²) in [4.78, 5) is 36.4. The van der Waals surface area contributed by atoms with Crippen molar-refractivity contribution >= 4 is 40.9 Å². The minimum absolute atomic E-state index is 0.148. The average Bonchev–Trinajstić information content (AvgIpc) is 2.60. The van der Waals surface area contributed by atoms with E-state index in [0.717, 1.165) is 5.01 Å². The first-order valence-corrected chi connectivity index (χ1v) is 8.60. The largest absolute Gasteiger partial charge is 0.294 e. The minimum atomic E-state index is -0.919. The molecule has 0 spiro atoms. The molecule has 0 N–H and O–H groups in total. The highest BCUT2D eigenvalue weighted by Gasteiger charge is 2.38. The fraction of sp³-hybridized carbons (Fsp3) is 0.222. The number of nitro benzene ring substituents is 1. The summed E-state index contributed by atoms with van der Waals surface area (Å²) >= 11 is 12.3. The van der Waals surface area contributed by atoms with E-state index in [4.69, 9.17) is 23.4 Å². The lowest BCUT2D eigenvalue weighted by atomic mass is 10.1. The van der Waals surface area contributed by atoms with Crippen LogP contribution in [0.5, 0.6) is 0 Å². The van der Waals surface area contributed by atoms with E-state index in [1.165, 1.54) is 36.4 Å². The van der Waals surface area contributed by atoms with Crippen LogP contribution in [0.1, 0.15) is 41.5 Å². The number of nitro groups is 1. The number of para-hydroxylation sites is 1. The van der Waals surface area contributed by atoms with Crippen molar-refractivity contribution in [3.8, 4) is 0 Å². The van der Waals surface area contributed by atoms with E-state index in [1.54, 1.807) is 32.9 Å². The van der Waals surface area contributed by atoms with E-state index in [1.807, 2.05) is 0 Å². The van der Waals surface area contributed by atoms with Crippen LogP contribution in [0.15, 0.2) is 48.5 Å². The summed E-state index contributed by atoms with van der Waals surface area (Å²) in [6.45, 7) is 5.01. The lowest BCUT2D eigenvalue weighted by Crippen LogP contribution is -2.54. The second kappa shape index (κ2) is 7.94. The zero-order chi connectivity index (χ0) is 20.4. The zero-order valence-corrected chi connectivity index (χ0v) is 16.4. The predicted molar refractivity (Wildman–Crippen MR) is 102 cm³/mol. The number of benzene rings is 2. The quantitative estimate of drug-likeness (QED) is 0.417. The number of halogens is 2. The number of hydrogen-bond acceptors (Lipinski definition) is 4. The molecule has 0 atom stereocenters. The average molecular weight is 410 g/mol. The summed E-state index contributed by atoms with van der Waals surface area (Å²) in [5, 5.41) is 12.4. The van der Waals surface area contributed by atoms with Gasteiger partial charge in [-0.3, -0.25) is 19.7 Å². The fourth-order valence-corrected chi connectivity index (χ4v) is 3.00. The number of amides is 2. The van der Waals surface area contributed by atoms with Crippen LogP contribution in [0.25, 0.3) is 0 Å². The van der Waals surface area contributed by atoms with Gasteiger partial charge < -0.3 is 0 Å². The van der Waals surface area contributed by atoms with Gasteiger partial charge in [-0.25, -0.2) is 5.01 Å². The van der Waals surface area contributed by atoms with Gasteiger partial charge in [0, 0.05) is 17.8 Å². The van der Waals surface area contributed by atoms with Crippen LogP contribution in [0, 0.1) is 10.1 Å². The van der Waals surface area contributed by atoms with Gasteiger partial charge in [0.15, 0.2) is 0 Å². The summed E-state index contributed by atoms with van der Waals surface area (Å²) in [5.41, 5.74) is -1.42. The van der Waals surface area contributed by atoms with E-state index in [-0.39, 0.29) is 16.1 Å². The number of carbonyl (C=O) groups is 2. The highest BCUT2D eigenvalue weighted by atomic mass is 35.5. The predicted octanol–water partition coefficient (Wildman–Crippen LogP) is 4.70. The van der Waals surface area contributed by atoms with E-state index >= 15 is 0 Å². The third-order valence-corrected chi connectivity index (χ3v) is 4.24. The lowest BCUT2D eigenvalue weighted by molar-refractivity contribution is -0.385. The van der Waals surface area contributed by atoms with Gasteiger partial charge in [-0.2, -0.15) is 0 Å². The molecule has 0 aromatic heterocycles. The third-order valence-electron chi connectivity index (χ3n) is 3.61. The van der Waals surface area contributed by atoms with Gasteiger partial charge in [0.05, 0.1) is 21.0 Å². The van der Waals surface area contributed by atoms with Crippen LogP contribution < -0.4 is 0 Å². The molecule has 142 valence electrons. The van der Waals surface area contributed by atoms with Crippen molar-refractivity contribution in [2.24, 2.45) is 0 Å². The van der Waals surface area contributed by atoms with Crippen molar-refractivity contribution in [2.45, 2.75) is 26.3 Å². The topological polar surface area (TPSA) is 83.8 Å². The van der Waals surface area contributed by atoms with Gasteiger partial charge in [0.25, 0.3) is 17.5 Å². The fourth-order valence-electron chi connectivity index (χ4n) is 2.40. The standard InChI is InChI=1S/C18H17Cl2N3O4/c1-18(2,3)21(16(24)12-8-4-6-10-14(12)19)22(20)17(25)13-9-5-7-11-15(13)23(26)27/h4-11H,1-3H3. The maximum atomic E-state index is 13.0. The molecule has 0 aliphatic carbocycles. The normalized spacial score (nSPS) is 11.0.